The molecule has 0 amide bonds. The van der Waals surface area contributed by atoms with Gasteiger partial charge in [0.25, 0.3) is 0 Å². The van der Waals surface area contributed by atoms with E-state index in [2.05, 4.69) is 30.3 Å². The maximum absolute atomic E-state index is 2.43. The number of hydrogen-bond donors (Lipinski definition) is 0. The minimum absolute atomic E-state index is 0. The Bertz CT molecular complexity index is 348. The van der Waals surface area contributed by atoms with E-state index < -0.39 is 0 Å². The summed E-state index contributed by atoms with van der Waals surface area (Å²) < 4.78 is 0. The maximum Gasteiger partial charge on any atom is 0 e. The second kappa shape index (κ2) is 8.94. The van der Waals surface area contributed by atoms with E-state index >= 15 is 0 Å². The summed E-state index contributed by atoms with van der Waals surface area (Å²) in [6.45, 7) is 0. The number of benzene rings is 1. The Balaban J connectivity index is 0.00000147. The molecule has 0 heterocycles. The first-order valence-electron chi connectivity index (χ1n) is 8.28. The first-order valence-corrected chi connectivity index (χ1v) is 9.76. The fourth-order valence-electron chi connectivity index (χ4n) is 4.04. The van der Waals surface area contributed by atoms with Crippen molar-refractivity contribution >= 4 is 42.8 Å². The van der Waals surface area contributed by atoms with E-state index in [4.69, 9.17) is 0 Å². The average molecular weight is 297 g/mol. The van der Waals surface area contributed by atoms with E-state index in [1.165, 1.54) is 64.2 Å². The molecule has 3 rings (SSSR count). The second-order valence-electron chi connectivity index (χ2n) is 6.33. The maximum atomic E-state index is 2.43. The van der Waals surface area contributed by atoms with Crippen LogP contribution in [0.3, 0.4) is 0 Å². The molecule has 1 radical (unpaired) electrons. The van der Waals surface area contributed by atoms with Crippen molar-refractivity contribution in [1.82, 2.24) is 0 Å². The summed E-state index contributed by atoms with van der Waals surface area (Å²) in [5, 5.41) is 1.70. The molecule has 2 aliphatic carbocycles. The largest absolute Gasteiger partial charge is 0.0690 e. The van der Waals surface area contributed by atoms with E-state index in [-0.39, 0.29) is 37.5 Å². The summed E-state index contributed by atoms with van der Waals surface area (Å²) >= 11 is 0. The summed E-state index contributed by atoms with van der Waals surface area (Å²) in [4.78, 5) is 0. The van der Waals surface area contributed by atoms with E-state index in [1.54, 1.807) is 5.30 Å². The average Bonchev–Trinajstić information content (AvgIpc) is 2.51. The fraction of sp³-hybridized carbons (Fsp3) is 0.667. The van der Waals surface area contributed by atoms with Gasteiger partial charge in [0, 0.05) is 29.6 Å². The number of hydrogen-bond acceptors (Lipinski definition) is 0. The Kier molecular flexibility index (Phi) is 7.60. The predicted octanol–water partition coefficient (Wildman–Crippen LogP) is 5.08. The molecule has 0 atom stereocenters. The van der Waals surface area contributed by atoms with Crippen molar-refractivity contribution in [1.29, 1.82) is 0 Å². The quantitative estimate of drug-likeness (QED) is 0.539. The molecular weight excluding hydrogens is 270 g/mol. The van der Waals surface area contributed by atoms with Crippen LogP contribution >= 0.6 is 7.92 Å². The molecule has 0 unspecified atom stereocenters. The van der Waals surface area contributed by atoms with E-state index in [0.29, 0.717) is 0 Å². The Hall–Kier alpha value is 0.650. The molecule has 0 bridgehead atoms. The molecule has 20 heavy (non-hydrogen) atoms. The molecule has 0 saturated heterocycles. The van der Waals surface area contributed by atoms with E-state index in [9.17, 15) is 0 Å². The third kappa shape index (κ3) is 4.33. The molecule has 2 aliphatic rings. The van der Waals surface area contributed by atoms with Gasteiger partial charge in [-0.2, -0.15) is 0 Å². The summed E-state index contributed by atoms with van der Waals surface area (Å²) in [5.41, 5.74) is 2.07. The van der Waals surface area contributed by atoms with Crippen molar-refractivity contribution in [2.24, 2.45) is 0 Å². The molecule has 0 aliphatic heterocycles. The van der Waals surface area contributed by atoms with Crippen LogP contribution in [-0.2, 0) is 0 Å². The predicted molar refractivity (Wildman–Crippen MR) is 92.5 cm³/mol. The zero-order valence-corrected chi connectivity index (χ0v) is 16.0. The van der Waals surface area contributed by atoms with Crippen molar-refractivity contribution in [2.75, 3.05) is 0 Å². The van der Waals surface area contributed by atoms with Crippen molar-refractivity contribution in [2.45, 2.75) is 75.5 Å². The molecule has 0 nitrogen and oxygen atoms in total. The monoisotopic (exact) mass is 297 g/mol. The Morgan fingerprint density at radius 2 is 1.10 bits per heavy atom. The molecule has 0 spiro atoms. The summed E-state index contributed by atoms with van der Waals surface area (Å²) in [6, 6.07) is 11.6. The van der Waals surface area contributed by atoms with Crippen LogP contribution < -0.4 is 5.30 Å². The van der Waals surface area contributed by atoms with Gasteiger partial charge in [0.2, 0.25) is 0 Å². The van der Waals surface area contributed by atoms with Gasteiger partial charge >= 0.3 is 0 Å². The zero-order valence-electron chi connectivity index (χ0n) is 13.1. The molecule has 2 saturated carbocycles. The van der Waals surface area contributed by atoms with Crippen molar-refractivity contribution in [3.8, 4) is 0 Å². The normalized spacial score (nSPS) is 21.6. The SMILES string of the molecule is [Na].c1ccc(P(C2CCCCC2)C2CCCCC2)cc1. The van der Waals surface area contributed by atoms with E-state index in [1.807, 2.05) is 0 Å². The van der Waals surface area contributed by atoms with Gasteiger partial charge in [0.1, 0.15) is 0 Å². The van der Waals surface area contributed by atoms with Crippen LogP contribution in [0.2, 0.25) is 0 Å². The van der Waals surface area contributed by atoms with Crippen LogP contribution in [0.4, 0.5) is 0 Å². The molecule has 0 N–H and O–H groups in total. The van der Waals surface area contributed by atoms with Crippen LogP contribution in [0.5, 0.6) is 0 Å². The van der Waals surface area contributed by atoms with Crippen molar-refractivity contribution in [3.63, 3.8) is 0 Å². The van der Waals surface area contributed by atoms with Crippen LogP contribution in [0, 0.1) is 0 Å². The van der Waals surface area contributed by atoms with Crippen molar-refractivity contribution in [3.05, 3.63) is 30.3 Å². The summed E-state index contributed by atoms with van der Waals surface area (Å²) in [7, 11) is 0.108. The first kappa shape index (κ1) is 17.0. The first-order chi connectivity index (χ1) is 9.45. The van der Waals surface area contributed by atoms with Crippen molar-refractivity contribution < 1.29 is 0 Å². The van der Waals surface area contributed by atoms with Crippen LogP contribution in [0.25, 0.3) is 0 Å². The Labute approximate surface area is 148 Å². The van der Waals surface area contributed by atoms with Crippen LogP contribution in [-0.4, -0.2) is 40.9 Å². The molecule has 1 aromatic carbocycles. The zero-order chi connectivity index (χ0) is 12.9. The van der Waals surface area contributed by atoms with Gasteiger partial charge in [-0.05, 0) is 42.3 Å². The third-order valence-electron chi connectivity index (χ3n) is 4.99. The van der Waals surface area contributed by atoms with Gasteiger partial charge in [0.05, 0.1) is 0 Å². The Morgan fingerprint density at radius 3 is 1.55 bits per heavy atom. The van der Waals surface area contributed by atoms with Gasteiger partial charge in [-0.3, -0.25) is 0 Å². The van der Waals surface area contributed by atoms with Gasteiger partial charge < -0.3 is 0 Å². The standard InChI is InChI=1S/C18H27P.Na/c1-4-10-16(11-5-1)19(17-12-6-2-7-13-17)18-14-8-3-9-15-18;/h1,4-5,10-11,17-18H,2-3,6-9,12-15H2;. The second-order valence-corrected chi connectivity index (χ2v) is 9.12. The number of rotatable bonds is 3. The van der Waals surface area contributed by atoms with E-state index in [0.717, 1.165) is 11.3 Å². The van der Waals surface area contributed by atoms with Gasteiger partial charge in [-0.15, -0.1) is 0 Å². The van der Waals surface area contributed by atoms with Gasteiger partial charge in [0.15, 0.2) is 0 Å². The minimum Gasteiger partial charge on any atom is -0.0690 e. The molecule has 2 fully saturated rings. The Morgan fingerprint density at radius 1 is 0.650 bits per heavy atom. The van der Waals surface area contributed by atoms with Crippen LogP contribution in [0.15, 0.2) is 30.3 Å². The van der Waals surface area contributed by atoms with Gasteiger partial charge in [-0.1, -0.05) is 76.8 Å². The molecule has 1 aromatic rings. The topological polar surface area (TPSA) is 0 Å². The van der Waals surface area contributed by atoms with Crippen LogP contribution in [0.1, 0.15) is 64.2 Å². The van der Waals surface area contributed by atoms with Gasteiger partial charge in [-0.25, -0.2) is 0 Å². The minimum atomic E-state index is 0. The molecule has 2 heteroatoms. The summed E-state index contributed by atoms with van der Waals surface area (Å²) in [6.07, 6.45) is 15.0. The summed E-state index contributed by atoms with van der Waals surface area (Å²) in [5.74, 6) is 0. The fourth-order valence-corrected chi connectivity index (χ4v) is 7.84. The molecular formula is C18H27NaP. The molecule has 105 valence electrons. The smallest absolute Gasteiger partial charge is 0 e. The molecule has 0 aromatic heterocycles. The third-order valence-corrected chi connectivity index (χ3v) is 8.49.